The highest BCUT2D eigenvalue weighted by Gasteiger charge is 2.71. The topological polar surface area (TPSA) is 164 Å². The number of aryl methyl sites for hydroxylation is 1. The zero-order chi connectivity index (χ0) is 30.3. The first kappa shape index (κ1) is 28.7. The maximum absolute atomic E-state index is 13.1. The fourth-order valence-electron chi connectivity index (χ4n) is 4.97. The van der Waals surface area contributed by atoms with E-state index in [-0.39, 0.29) is 29.9 Å². The van der Waals surface area contributed by atoms with Gasteiger partial charge in [-0.05, 0) is 19.1 Å². The SMILES string of the molecule is CCC(=O)Cn1c(=O)c2c(ncn2[C@@H](C)C(N)=O)n(C)c1=O.FC1(F)C2CN(c3cnc(-c4ccccn4)cn3)CC21. The standard InChI is InChI=1S/C14H12F2N4.C13H17N5O4/c15-14(16)9-7-20(8-10(9)14)13-6-18-12(5-19-13)11-3-1-2-4-17-11;1-4-8(19)5-17-12(21)9-11(16(3)13(17)22)15-6-18(9)7(2)10(14)20/h1-6,9-10H,7-8H2;6-7H,4-5H2,1-3H3,(H2,14,20)/t;7-/m.0/s1. The van der Waals surface area contributed by atoms with Crippen molar-refractivity contribution >= 4 is 28.7 Å². The van der Waals surface area contributed by atoms with Gasteiger partial charge in [-0.1, -0.05) is 13.0 Å². The molecule has 2 fully saturated rings. The summed E-state index contributed by atoms with van der Waals surface area (Å²) in [6, 6.07) is 4.77. The third-order valence-corrected chi connectivity index (χ3v) is 7.70. The first-order valence-electron chi connectivity index (χ1n) is 13.3. The van der Waals surface area contributed by atoms with Gasteiger partial charge in [0.25, 0.3) is 11.5 Å². The number of imidazole rings is 1. The molecule has 0 spiro atoms. The summed E-state index contributed by atoms with van der Waals surface area (Å²) in [6.45, 7) is 3.60. The molecule has 4 aromatic rings. The van der Waals surface area contributed by atoms with Crippen molar-refractivity contribution in [2.75, 3.05) is 18.0 Å². The van der Waals surface area contributed by atoms with E-state index in [4.69, 9.17) is 5.73 Å². The van der Waals surface area contributed by atoms with Crippen LogP contribution in [-0.2, 0) is 23.2 Å². The molecule has 6 rings (SSSR count). The van der Waals surface area contributed by atoms with Gasteiger partial charge in [0.05, 0.1) is 42.8 Å². The molecule has 0 radical (unpaired) electrons. The number of pyridine rings is 1. The molecule has 4 aromatic heterocycles. The van der Waals surface area contributed by atoms with Gasteiger partial charge in [0, 0.05) is 32.8 Å². The number of hydrogen-bond acceptors (Lipinski definition) is 9. The van der Waals surface area contributed by atoms with Crippen LogP contribution in [0.3, 0.4) is 0 Å². The molecule has 1 aliphatic heterocycles. The van der Waals surface area contributed by atoms with Gasteiger partial charge in [0.1, 0.15) is 17.6 Å². The number of fused-ring (bicyclic) bond motifs is 2. The van der Waals surface area contributed by atoms with Crippen molar-refractivity contribution in [2.45, 2.75) is 38.8 Å². The summed E-state index contributed by atoms with van der Waals surface area (Å²) in [5.74, 6) is -3.68. The maximum atomic E-state index is 13.1. The van der Waals surface area contributed by atoms with E-state index in [1.54, 1.807) is 25.5 Å². The number of carbonyl (C=O) groups is 2. The summed E-state index contributed by atoms with van der Waals surface area (Å²) >= 11 is 0. The van der Waals surface area contributed by atoms with Crippen LogP contribution in [0.15, 0.2) is 52.7 Å². The normalized spacial score (nSPS) is 19.1. The number of carbonyl (C=O) groups excluding carboxylic acids is 2. The van der Waals surface area contributed by atoms with Gasteiger partial charge in [-0.15, -0.1) is 0 Å². The summed E-state index contributed by atoms with van der Waals surface area (Å²) in [5.41, 5.74) is 5.61. The number of hydrogen-bond donors (Lipinski definition) is 1. The Hall–Kier alpha value is -4.82. The van der Waals surface area contributed by atoms with Gasteiger partial charge in [-0.3, -0.25) is 28.5 Å². The zero-order valence-corrected chi connectivity index (χ0v) is 23.1. The molecule has 1 amide bonds. The van der Waals surface area contributed by atoms with Crippen LogP contribution in [0, 0.1) is 11.8 Å². The summed E-state index contributed by atoms with van der Waals surface area (Å²) in [5, 5.41) is 0. The molecule has 1 saturated carbocycles. The van der Waals surface area contributed by atoms with Crippen LogP contribution in [0.4, 0.5) is 14.6 Å². The average Bonchev–Trinajstić information content (AvgIpc) is 3.42. The Kier molecular flexibility index (Phi) is 7.43. The van der Waals surface area contributed by atoms with E-state index in [0.29, 0.717) is 24.6 Å². The molecular weight excluding hydrogens is 552 g/mol. The molecular formula is C27H29F2N9O4. The fraction of sp³-hybridized carbons (Fsp3) is 0.407. The third kappa shape index (κ3) is 5.05. The number of anilines is 1. The Morgan fingerprint density at radius 2 is 1.79 bits per heavy atom. The van der Waals surface area contributed by atoms with E-state index in [2.05, 4.69) is 19.9 Å². The van der Waals surface area contributed by atoms with Crippen LogP contribution in [0.25, 0.3) is 22.6 Å². The van der Waals surface area contributed by atoms with Gasteiger partial charge < -0.3 is 15.2 Å². The number of Topliss-reactive ketones (excluding diaryl/α,β-unsaturated/α-hetero) is 1. The fourth-order valence-corrected chi connectivity index (χ4v) is 4.97. The van der Waals surface area contributed by atoms with Crippen molar-refractivity contribution < 1.29 is 18.4 Å². The molecule has 220 valence electrons. The minimum absolute atomic E-state index is 0.0669. The van der Waals surface area contributed by atoms with Gasteiger partial charge in [0.15, 0.2) is 16.9 Å². The minimum Gasteiger partial charge on any atom is -0.368 e. The molecule has 1 aliphatic carbocycles. The van der Waals surface area contributed by atoms with Gasteiger partial charge in [-0.2, -0.15) is 0 Å². The number of primary amides is 1. The lowest BCUT2D eigenvalue weighted by molar-refractivity contribution is -0.121. The highest BCUT2D eigenvalue weighted by Crippen LogP contribution is 2.59. The Balaban J connectivity index is 0.000000168. The highest BCUT2D eigenvalue weighted by molar-refractivity contribution is 5.81. The average molecular weight is 582 g/mol. The number of piperidine rings is 1. The molecule has 42 heavy (non-hydrogen) atoms. The molecule has 15 heteroatoms. The first-order valence-corrected chi connectivity index (χ1v) is 13.3. The molecule has 2 aliphatic rings. The molecule has 0 aromatic carbocycles. The van der Waals surface area contributed by atoms with E-state index >= 15 is 0 Å². The van der Waals surface area contributed by atoms with E-state index in [1.807, 2.05) is 23.1 Å². The minimum atomic E-state index is -2.46. The first-order chi connectivity index (χ1) is 19.9. The lowest BCUT2D eigenvalue weighted by Gasteiger charge is -2.20. The predicted molar refractivity (Wildman–Crippen MR) is 148 cm³/mol. The molecule has 1 saturated heterocycles. The van der Waals surface area contributed by atoms with Crippen LogP contribution < -0.4 is 21.9 Å². The number of rotatable bonds is 7. The largest absolute Gasteiger partial charge is 0.368 e. The van der Waals surface area contributed by atoms with Crippen LogP contribution >= 0.6 is 0 Å². The van der Waals surface area contributed by atoms with Crippen molar-refractivity contribution in [1.82, 2.24) is 33.6 Å². The van der Waals surface area contributed by atoms with Crippen LogP contribution in [-0.4, -0.2) is 64.3 Å². The second kappa shape index (κ2) is 10.9. The number of ketones is 1. The summed E-state index contributed by atoms with van der Waals surface area (Å²) < 4.78 is 29.6. The molecule has 13 nitrogen and oxygen atoms in total. The van der Waals surface area contributed by atoms with E-state index in [0.717, 1.165) is 10.3 Å². The Bertz CT molecular complexity index is 1750. The van der Waals surface area contributed by atoms with Gasteiger partial charge >= 0.3 is 5.69 Å². The number of alkyl halides is 2. The zero-order valence-electron chi connectivity index (χ0n) is 23.1. The smallest absolute Gasteiger partial charge is 0.332 e. The molecule has 5 heterocycles. The Morgan fingerprint density at radius 1 is 1.07 bits per heavy atom. The monoisotopic (exact) mass is 581 g/mol. The predicted octanol–water partition coefficient (Wildman–Crippen LogP) is 1.16. The lowest BCUT2D eigenvalue weighted by Crippen LogP contribution is -2.41. The second-order valence-corrected chi connectivity index (χ2v) is 10.3. The van der Waals surface area contributed by atoms with Gasteiger partial charge in [0.2, 0.25) is 5.91 Å². The highest BCUT2D eigenvalue weighted by atomic mass is 19.3. The van der Waals surface area contributed by atoms with Crippen molar-refractivity contribution in [3.63, 3.8) is 0 Å². The number of amides is 1. The number of nitrogens with two attached hydrogens (primary N) is 1. The van der Waals surface area contributed by atoms with Crippen LogP contribution in [0.5, 0.6) is 0 Å². The summed E-state index contributed by atoms with van der Waals surface area (Å²) in [7, 11) is 1.45. The van der Waals surface area contributed by atoms with E-state index < -0.39 is 41.0 Å². The van der Waals surface area contributed by atoms with Crippen LogP contribution in [0.1, 0.15) is 26.3 Å². The molecule has 2 N–H and O–H groups in total. The summed E-state index contributed by atoms with van der Waals surface area (Å²) in [6.07, 6.45) is 6.46. The number of nitrogens with zero attached hydrogens (tertiary/aromatic N) is 8. The van der Waals surface area contributed by atoms with Crippen molar-refractivity contribution in [3.8, 4) is 11.4 Å². The van der Waals surface area contributed by atoms with Gasteiger partial charge in [-0.25, -0.2) is 28.5 Å². The Labute approximate surface area is 237 Å². The molecule has 0 bridgehead atoms. The van der Waals surface area contributed by atoms with Crippen molar-refractivity contribution in [3.05, 3.63) is 64.0 Å². The van der Waals surface area contributed by atoms with Crippen molar-refractivity contribution in [2.24, 2.45) is 24.6 Å². The maximum Gasteiger partial charge on any atom is 0.332 e. The second-order valence-electron chi connectivity index (χ2n) is 10.3. The summed E-state index contributed by atoms with van der Waals surface area (Å²) in [4.78, 5) is 66.4. The van der Waals surface area contributed by atoms with Crippen LogP contribution in [0.2, 0.25) is 0 Å². The van der Waals surface area contributed by atoms with Crippen molar-refractivity contribution in [1.29, 1.82) is 0 Å². The quantitative estimate of drug-likeness (QED) is 0.337. The van der Waals surface area contributed by atoms with E-state index in [1.165, 1.54) is 29.4 Å². The number of aromatic nitrogens is 7. The lowest BCUT2D eigenvalue weighted by atomic mass is 10.3. The Morgan fingerprint density at radius 3 is 2.36 bits per heavy atom. The number of halogens is 2. The third-order valence-electron chi connectivity index (χ3n) is 7.70. The van der Waals surface area contributed by atoms with E-state index in [9.17, 15) is 28.0 Å². The molecule has 2 unspecified atom stereocenters. The molecule has 3 atom stereocenters.